The van der Waals surface area contributed by atoms with E-state index in [1.54, 1.807) is 12.2 Å². The minimum Gasteiger partial charge on any atom is -0.490 e. The van der Waals surface area contributed by atoms with Crippen LogP contribution in [0.5, 0.6) is 5.75 Å². The van der Waals surface area contributed by atoms with Gasteiger partial charge in [-0.2, -0.15) is 0 Å². The zero-order valence-electron chi connectivity index (χ0n) is 26.3. The van der Waals surface area contributed by atoms with Gasteiger partial charge in [0.15, 0.2) is 0 Å². The molecule has 0 spiro atoms. The number of oxime groups is 1. The second kappa shape index (κ2) is 12.7. The van der Waals surface area contributed by atoms with Crippen LogP contribution in [0.25, 0.3) is 11.1 Å². The van der Waals surface area contributed by atoms with Crippen LogP contribution in [0.15, 0.2) is 72.4 Å². The predicted octanol–water partition coefficient (Wildman–Crippen LogP) is 2.21. The summed E-state index contributed by atoms with van der Waals surface area (Å²) < 4.78 is 38.2. The molecule has 3 saturated carbocycles. The average Bonchev–Trinajstić information content (AvgIpc) is 4.00. The van der Waals surface area contributed by atoms with Crippen LogP contribution in [0.2, 0.25) is 0 Å². The van der Waals surface area contributed by atoms with E-state index in [0.29, 0.717) is 24.3 Å². The van der Waals surface area contributed by atoms with Crippen molar-refractivity contribution in [2.24, 2.45) is 22.9 Å². The van der Waals surface area contributed by atoms with Crippen molar-refractivity contribution in [3.63, 3.8) is 0 Å². The number of hydrogen-bond acceptors (Lipinski definition) is 10. The molecule has 3 fully saturated rings. The van der Waals surface area contributed by atoms with Gasteiger partial charge in [-0.1, -0.05) is 35.5 Å². The molecule has 4 N–H and O–H groups in total. The Morgan fingerprint density at radius 1 is 0.959 bits per heavy atom. The number of nitrogens with one attached hydrogen (secondary N) is 4. The van der Waals surface area contributed by atoms with Gasteiger partial charge in [0.25, 0.3) is 5.91 Å². The molecule has 0 unspecified atom stereocenters. The molecule has 4 aliphatic carbocycles. The smallest absolute Gasteiger partial charge is 0.426 e. The molecule has 14 nitrogen and oxygen atoms in total. The van der Waals surface area contributed by atoms with E-state index in [0.717, 1.165) is 22.3 Å². The molecule has 0 radical (unpaired) electrons. The van der Waals surface area contributed by atoms with Crippen LogP contribution in [0, 0.1) is 17.8 Å². The molecule has 7 rings (SSSR count). The fourth-order valence-corrected chi connectivity index (χ4v) is 8.03. The van der Waals surface area contributed by atoms with Gasteiger partial charge in [0.1, 0.15) is 36.3 Å². The van der Waals surface area contributed by atoms with Crippen LogP contribution in [-0.4, -0.2) is 68.1 Å². The Kier molecular flexibility index (Phi) is 8.38. The molecular formula is C34H35N5O9S. The molecule has 2 aromatic carbocycles. The Morgan fingerprint density at radius 2 is 1.69 bits per heavy atom. The molecule has 15 heteroatoms. The third-order valence-electron chi connectivity index (χ3n) is 9.56. The zero-order chi connectivity index (χ0) is 34.3. The summed E-state index contributed by atoms with van der Waals surface area (Å²) in [5.41, 5.74) is 7.10. The maximum Gasteiger partial charge on any atom is 0.426 e. The summed E-state index contributed by atoms with van der Waals surface area (Å²) in [6.07, 6.45) is 4.32. The topological polar surface area (TPSA) is 191 Å². The first-order valence-electron chi connectivity index (χ1n) is 16.1. The summed E-state index contributed by atoms with van der Waals surface area (Å²) in [5.74, 6) is -4.10. The van der Waals surface area contributed by atoms with Crippen LogP contribution in [-0.2, 0) is 34.0 Å². The number of carbonyl (C=O) groups is 4. The largest absolute Gasteiger partial charge is 0.490 e. The number of cyclic esters (lactones) is 1. The van der Waals surface area contributed by atoms with Gasteiger partial charge in [-0.25, -0.2) is 18.6 Å². The molecule has 0 saturated heterocycles. The van der Waals surface area contributed by atoms with E-state index in [-0.39, 0.29) is 32.5 Å². The van der Waals surface area contributed by atoms with Gasteiger partial charge in [-0.15, -0.1) is 6.58 Å². The highest BCUT2D eigenvalue weighted by Gasteiger charge is 2.62. The SMILES string of the molecule is C=C[C@H]1C[C@]1(NC(=O)[C@@H]1C[C@@H]2C[C@H]1C(=O)NNC(=O)OC/C=C\COc1ccc3c(c1)/C(=N\O2)c1ccccc1-3)C(=O)NS(=O)(=O)C1CC1. The molecule has 5 atom stereocenters. The lowest BCUT2D eigenvalue weighted by atomic mass is 9.94. The number of hydrogen-bond donors (Lipinski definition) is 4. The van der Waals surface area contributed by atoms with Crippen molar-refractivity contribution < 1.29 is 41.9 Å². The van der Waals surface area contributed by atoms with Gasteiger partial charge in [0.2, 0.25) is 21.8 Å². The number of amides is 4. The first kappa shape index (κ1) is 32.4. The van der Waals surface area contributed by atoms with Crippen molar-refractivity contribution in [2.75, 3.05) is 13.2 Å². The monoisotopic (exact) mass is 689 g/mol. The standard InChI is InChI=1S/C34H35N5O9S/c1-2-19-18-34(19,32(42)39-49(44,45)22-10-11-22)35-30(40)27-16-21-17-28(27)31(41)36-37-33(43)47-14-6-5-13-46-20-9-12-24-23-7-3-4-8-25(23)29(38-48-21)26(24)15-20/h2-9,12,15,19,21-22,27-28H,1,10-11,13-14,16-18H2,(H,35,40)(H,36,41)(H,37,43)(H,39,42)/b6-5-,38-29-/t19-,21+,27+,28+,34+/m0/s1. The summed E-state index contributed by atoms with van der Waals surface area (Å²) >= 11 is 0. The van der Waals surface area contributed by atoms with Crippen LogP contribution >= 0.6 is 0 Å². The molecule has 4 bridgehead atoms. The Morgan fingerprint density at radius 3 is 2.43 bits per heavy atom. The summed E-state index contributed by atoms with van der Waals surface area (Å²) in [6, 6.07) is 13.4. The first-order chi connectivity index (χ1) is 23.6. The van der Waals surface area contributed by atoms with Crippen LogP contribution in [0.1, 0.15) is 43.2 Å². The maximum atomic E-state index is 13.9. The molecule has 5 aliphatic rings. The lowest BCUT2D eigenvalue weighted by Crippen LogP contribution is -2.54. The summed E-state index contributed by atoms with van der Waals surface area (Å²) in [6.45, 7) is 3.86. The summed E-state index contributed by atoms with van der Waals surface area (Å²) in [4.78, 5) is 58.9. The third-order valence-corrected chi connectivity index (χ3v) is 11.4. The van der Waals surface area contributed by atoms with E-state index in [1.165, 1.54) is 6.08 Å². The van der Waals surface area contributed by atoms with E-state index in [2.05, 4.69) is 32.6 Å². The van der Waals surface area contributed by atoms with Crippen molar-refractivity contribution in [2.45, 2.75) is 49.0 Å². The molecule has 0 aromatic heterocycles. The third kappa shape index (κ3) is 6.37. The van der Waals surface area contributed by atoms with Gasteiger partial charge < -0.3 is 19.6 Å². The van der Waals surface area contributed by atoms with Crippen LogP contribution in [0.3, 0.4) is 0 Å². The number of benzene rings is 2. The molecule has 2 aromatic rings. The fraction of sp³-hybridized carbons (Fsp3) is 0.382. The van der Waals surface area contributed by atoms with Crippen molar-refractivity contribution in [1.29, 1.82) is 0 Å². The molecule has 4 amide bonds. The van der Waals surface area contributed by atoms with Crippen molar-refractivity contribution >= 4 is 39.5 Å². The van der Waals surface area contributed by atoms with E-state index < -0.39 is 68.5 Å². The molecule has 256 valence electrons. The zero-order valence-corrected chi connectivity index (χ0v) is 27.2. The first-order valence-corrected chi connectivity index (χ1v) is 17.6. The van der Waals surface area contributed by atoms with E-state index in [9.17, 15) is 27.6 Å². The number of fused-ring (bicyclic) bond motifs is 6. The molecule has 1 heterocycles. The lowest BCUT2D eigenvalue weighted by Gasteiger charge is -2.23. The minimum atomic E-state index is -3.88. The normalized spacial score (nSPS) is 29.3. The van der Waals surface area contributed by atoms with Gasteiger partial charge in [0, 0.05) is 17.0 Å². The van der Waals surface area contributed by atoms with Crippen LogP contribution < -0.4 is 25.6 Å². The van der Waals surface area contributed by atoms with Gasteiger partial charge in [-0.05, 0) is 73.6 Å². The predicted molar refractivity (Wildman–Crippen MR) is 175 cm³/mol. The van der Waals surface area contributed by atoms with E-state index in [1.807, 2.05) is 42.5 Å². The number of hydrazine groups is 1. The minimum absolute atomic E-state index is 0.0461. The van der Waals surface area contributed by atoms with Gasteiger partial charge in [-0.3, -0.25) is 24.5 Å². The second-order valence-electron chi connectivity index (χ2n) is 12.8. The quantitative estimate of drug-likeness (QED) is 0.281. The summed E-state index contributed by atoms with van der Waals surface area (Å²) in [7, 11) is -3.88. The molecular weight excluding hydrogens is 654 g/mol. The highest BCUT2D eigenvalue weighted by atomic mass is 32.2. The number of carbonyl (C=O) groups excluding carboxylic acids is 4. The number of nitrogens with zero attached hydrogens (tertiary/aromatic N) is 1. The Bertz CT molecular complexity index is 1910. The summed E-state index contributed by atoms with van der Waals surface area (Å²) in [5, 5.41) is 6.66. The number of rotatable bonds is 6. The van der Waals surface area contributed by atoms with Gasteiger partial charge >= 0.3 is 6.09 Å². The number of sulfonamides is 1. The highest BCUT2D eigenvalue weighted by molar-refractivity contribution is 7.91. The Balaban J connectivity index is 1.16. The Labute approximate surface area is 282 Å². The Hall–Kier alpha value is -5.18. The molecule has 49 heavy (non-hydrogen) atoms. The highest BCUT2D eigenvalue weighted by Crippen LogP contribution is 2.46. The van der Waals surface area contributed by atoms with Crippen molar-refractivity contribution in [3.05, 3.63) is 78.4 Å². The second-order valence-corrected chi connectivity index (χ2v) is 14.7. The van der Waals surface area contributed by atoms with Crippen molar-refractivity contribution in [1.82, 2.24) is 20.9 Å². The lowest BCUT2D eigenvalue weighted by molar-refractivity contribution is -0.136. The van der Waals surface area contributed by atoms with Gasteiger partial charge in [0.05, 0.1) is 17.1 Å². The maximum absolute atomic E-state index is 13.9. The van der Waals surface area contributed by atoms with Crippen molar-refractivity contribution in [3.8, 4) is 16.9 Å². The fourth-order valence-electron chi connectivity index (χ4n) is 6.67. The number of ether oxygens (including phenoxy) is 2. The van der Waals surface area contributed by atoms with Crippen LogP contribution in [0.4, 0.5) is 4.79 Å². The average molecular weight is 690 g/mol. The van der Waals surface area contributed by atoms with E-state index in [4.69, 9.17) is 14.3 Å². The van der Waals surface area contributed by atoms with E-state index >= 15 is 0 Å². The molecule has 1 aliphatic heterocycles.